The van der Waals surface area contributed by atoms with E-state index in [1.165, 1.54) is 7.11 Å². The van der Waals surface area contributed by atoms with Gasteiger partial charge in [0.2, 0.25) is 0 Å². The van der Waals surface area contributed by atoms with E-state index >= 15 is 0 Å². The van der Waals surface area contributed by atoms with Gasteiger partial charge < -0.3 is 19.3 Å². The molecule has 1 N–H and O–H groups in total. The third-order valence-electron chi connectivity index (χ3n) is 2.66. The van der Waals surface area contributed by atoms with E-state index in [1.807, 2.05) is 0 Å². The largest absolute Gasteiger partial charge is 0.493 e. The summed E-state index contributed by atoms with van der Waals surface area (Å²) >= 11 is 0. The Bertz CT molecular complexity index is 430. The van der Waals surface area contributed by atoms with Crippen LogP contribution in [0.5, 0.6) is 11.5 Å². The molecular weight excluding hydrogens is 260 g/mol. The number of rotatable bonds is 8. The number of hydrogen-bond donors (Lipinski definition) is 1. The normalized spacial score (nSPS) is 11.8. The van der Waals surface area contributed by atoms with E-state index in [9.17, 15) is 4.79 Å². The van der Waals surface area contributed by atoms with E-state index in [0.717, 1.165) is 12.8 Å². The van der Waals surface area contributed by atoms with E-state index in [2.05, 4.69) is 6.92 Å². The minimum Gasteiger partial charge on any atom is -0.493 e. The molecule has 0 aromatic heterocycles. The number of unbranched alkanes of at least 4 members (excludes halogenated alkanes) is 1. The van der Waals surface area contributed by atoms with Crippen LogP contribution in [-0.2, 0) is 4.74 Å². The Balaban J connectivity index is 2.91. The Morgan fingerprint density at radius 3 is 2.60 bits per heavy atom. The molecule has 1 atom stereocenters. The molecule has 1 rings (SSSR count). The van der Waals surface area contributed by atoms with Crippen molar-refractivity contribution in [2.75, 3.05) is 20.3 Å². The maximum Gasteiger partial charge on any atom is 0.338 e. The van der Waals surface area contributed by atoms with Crippen molar-refractivity contribution in [3.05, 3.63) is 23.8 Å². The molecule has 0 saturated carbocycles. The zero-order valence-electron chi connectivity index (χ0n) is 12.2. The monoisotopic (exact) mass is 282 g/mol. The first-order chi connectivity index (χ1) is 9.60. The lowest BCUT2D eigenvalue weighted by molar-refractivity contribution is 0.0599. The van der Waals surface area contributed by atoms with Gasteiger partial charge >= 0.3 is 5.97 Å². The predicted molar refractivity (Wildman–Crippen MR) is 75.4 cm³/mol. The number of methoxy groups -OCH3 is 1. The molecular formula is C15H22O5. The fourth-order valence-electron chi connectivity index (χ4n) is 1.56. The Kier molecular flexibility index (Phi) is 6.87. The first kappa shape index (κ1) is 16.3. The standard InChI is InChI=1S/C15H22O5/c1-4-5-6-19-13-7-12(15(17)18-3)8-14(9-13)20-11(2)10-16/h7-9,11,16H,4-6,10H2,1-3H3/t11-/m0/s1. The molecule has 0 aliphatic heterocycles. The molecule has 0 bridgehead atoms. The summed E-state index contributed by atoms with van der Waals surface area (Å²) in [5.74, 6) is 0.579. The highest BCUT2D eigenvalue weighted by atomic mass is 16.5. The molecule has 5 heteroatoms. The van der Waals surface area contributed by atoms with Crippen LogP contribution in [-0.4, -0.2) is 37.5 Å². The second kappa shape index (κ2) is 8.43. The summed E-state index contributed by atoms with van der Waals surface area (Å²) in [5.41, 5.74) is 0.363. The van der Waals surface area contributed by atoms with Crippen molar-refractivity contribution in [3.63, 3.8) is 0 Å². The lowest BCUT2D eigenvalue weighted by Crippen LogP contribution is -2.16. The van der Waals surface area contributed by atoms with Crippen LogP contribution in [0.4, 0.5) is 0 Å². The third-order valence-corrected chi connectivity index (χ3v) is 2.66. The zero-order valence-corrected chi connectivity index (χ0v) is 12.2. The number of esters is 1. The fourth-order valence-corrected chi connectivity index (χ4v) is 1.56. The van der Waals surface area contributed by atoms with Crippen LogP contribution in [0, 0.1) is 0 Å². The van der Waals surface area contributed by atoms with E-state index in [4.69, 9.17) is 19.3 Å². The van der Waals surface area contributed by atoms with Gasteiger partial charge in [-0.25, -0.2) is 4.79 Å². The van der Waals surface area contributed by atoms with E-state index < -0.39 is 5.97 Å². The summed E-state index contributed by atoms with van der Waals surface area (Å²) in [4.78, 5) is 11.6. The van der Waals surface area contributed by atoms with Gasteiger partial charge in [-0.05, 0) is 25.5 Å². The van der Waals surface area contributed by atoms with E-state index in [0.29, 0.717) is 23.7 Å². The Labute approximate surface area is 119 Å². The average molecular weight is 282 g/mol. The highest BCUT2D eigenvalue weighted by molar-refractivity contribution is 5.90. The summed E-state index contributed by atoms with van der Waals surface area (Å²) < 4.78 is 15.8. The lowest BCUT2D eigenvalue weighted by atomic mass is 10.2. The van der Waals surface area contributed by atoms with Gasteiger partial charge in [-0.2, -0.15) is 0 Å². The summed E-state index contributed by atoms with van der Waals surface area (Å²) in [6.45, 7) is 4.29. The van der Waals surface area contributed by atoms with Gasteiger partial charge in [-0.3, -0.25) is 0 Å². The molecule has 1 aromatic carbocycles. The van der Waals surface area contributed by atoms with Crippen molar-refractivity contribution in [1.29, 1.82) is 0 Å². The van der Waals surface area contributed by atoms with Crippen molar-refractivity contribution in [2.24, 2.45) is 0 Å². The number of ether oxygens (including phenoxy) is 3. The summed E-state index contributed by atoms with van der Waals surface area (Å²) in [6.07, 6.45) is 1.61. The van der Waals surface area contributed by atoms with Crippen LogP contribution in [0.1, 0.15) is 37.0 Å². The number of aliphatic hydroxyl groups excluding tert-OH is 1. The molecule has 5 nitrogen and oxygen atoms in total. The molecule has 0 unspecified atom stereocenters. The van der Waals surface area contributed by atoms with Gasteiger partial charge in [0.05, 0.1) is 25.9 Å². The number of aliphatic hydroxyl groups is 1. The van der Waals surface area contributed by atoms with Gasteiger partial charge in [0.25, 0.3) is 0 Å². The molecule has 0 aliphatic carbocycles. The van der Waals surface area contributed by atoms with E-state index in [1.54, 1.807) is 25.1 Å². The van der Waals surface area contributed by atoms with Crippen molar-refractivity contribution < 1.29 is 24.1 Å². The smallest absolute Gasteiger partial charge is 0.338 e. The van der Waals surface area contributed by atoms with Gasteiger partial charge in [0, 0.05) is 6.07 Å². The summed E-state index contributed by atoms with van der Waals surface area (Å²) in [7, 11) is 1.32. The van der Waals surface area contributed by atoms with Gasteiger partial charge in [0.1, 0.15) is 17.6 Å². The highest BCUT2D eigenvalue weighted by Crippen LogP contribution is 2.24. The van der Waals surface area contributed by atoms with Crippen LogP contribution >= 0.6 is 0 Å². The van der Waals surface area contributed by atoms with Crippen LogP contribution in [0.2, 0.25) is 0 Å². The maximum atomic E-state index is 11.6. The predicted octanol–water partition coefficient (Wildman–Crippen LogP) is 2.41. The van der Waals surface area contributed by atoms with Crippen LogP contribution in [0.15, 0.2) is 18.2 Å². The summed E-state index contributed by atoms with van der Waals surface area (Å²) in [6, 6.07) is 4.90. The number of carbonyl (C=O) groups excluding carboxylic acids is 1. The lowest BCUT2D eigenvalue weighted by Gasteiger charge is -2.14. The maximum absolute atomic E-state index is 11.6. The van der Waals surface area contributed by atoms with Crippen molar-refractivity contribution >= 4 is 5.97 Å². The first-order valence-corrected chi connectivity index (χ1v) is 6.74. The van der Waals surface area contributed by atoms with Crippen molar-refractivity contribution in [1.82, 2.24) is 0 Å². The average Bonchev–Trinajstić information content (AvgIpc) is 2.46. The first-order valence-electron chi connectivity index (χ1n) is 6.74. The second-order valence-electron chi connectivity index (χ2n) is 4.50. The molecule has 112 valence electrons. The third kappa shape index (κ3) is 5.09. The minimum atomic E-state index is -0.451. The Morgan fingerprint density at radius 1 is 1.30 bits per heavy atom. The Hall–Kier alpha value is -1.75. The topological polar surface area (TPSA) is 65.0 Å². The quantitative estimate of drug-likeness (QED) is 0.586. The molecule has 0 spiro atoms. The SMILES string of the molecule is CCCCOc1cc(O[C@@H](C)CO)cc(C(=O)OC)c1. The second-order valence-corrected chi connectivity index (χ2v) is 4.50. The van der Waals surface area contributed by atoms with Crippen LogP contribution < -0.4 is 9.47 Å². The molecule has 0 radical (unpaired) electrons. The molecule has 0 fully saturated rings. The summed E-state index contributed by atoms with van der Waals surface area (Å²) in [5, 5.41) is 9.02. The number of carbonyl (C=O) groups is 1. The molecule has 0 aliphatic rings. The van der Waals surface area contributed by atoms with Crippen molar-refractivity contribution in [2.45, 2.75) is 32.8 Å². The Morgan fingerprint density at radius 2 is 2.00 bits per heavy atom. The molecule has 1 aromatic rings. The highest BCUT2D eigenvalue weighted by Gasteiger charge is 2.12. The van der Waals surface area contributed by atoms with Crippen LogP contribution in [0.3, 0.4) is 0 Å². The van der Waals surface area contributed by atoms with Crippen LogP contribution in [0.25, 0.3) is 0 Å². The molecule has 20 heavy (non-hydrogen) atoms. The van der Waals surface area contributed by atoms with Gasteiger partial charge in [-0.1, -0.05) is 13.3 Å². The number of benzene rings is 1. The molecule has 0 heterocycles. The fraction of sp³-hybridized carbons (Fsp3) is 0.533. The zero-order chi connectivity index (χ0) is 15.0. The van der Waals surface area contributed by atoms with E-state index in [-0.39, 0.29) is 12.7 Å². The molecule has 0 saturated heterocycles. The minimum absolute atomic E-state index is 0.103. The van der Waals surface area contributed by atoms with Gasteiger partial charge in [0.15, 0.2) is 0 Å². The number of hydrogen-bond acceptors (Lipinski definition) is 5. The van der Waals surface area contributed by atoms with Gasteiger partial charge in [-0.15, -0.1) is 0 Å². The molecule has 0 amide bonds. The van der Waals surface area contributed by atoms with Crippen molar-refractivity contribution in [3.8, 4) is 11.5 Å².